The summed E-state index contributed by atoms with van der Waals surface area (Å²) in [4.78, 5) is 30.9. The van der Waals surface area contributed by atoms with Crippen molar-refractivity contribution in [2.45, 2.75) is 23.4 Å². The number of nitrogens with zero attached hydrogens (tertiary/aromatic N) is 3. The van der Waals surface area contributed by atoms with Crippen molar-refractivity contribution in [2.24, 2.45) is 0 Å². The molecule has 2 aromatic heterocycles. The monoisotopic (exact) mass is 544 g/mol. The highest BCUT2D eigenvalue weighted by molar-refractivity contribution is 8.00. The number of ether oxygens (including phenoxy) is 1. The van der Waals surface area contributed by atoms with Gasteiger partial charge in [0.1, 0.15) is 11.8 Å². The summed E-state index contributed by atoms with van der Waals surface area (Å²) in [5.74, 6) is -0.294. The van der Waals surface area contributed by atoms with Crippen LogP contribution in [0.4, 0.5) is 13.2 Å². The number of nitrogens with one attached hydrogen (secondary N) is 1. The summed E-state index contributed by atoms with van der Waals surface area (Å²) >= 11 is -0.289. The van der Waals surface area contributed by atoms with Crippen LogP contribution in [0.15, 0.2) is 76.6 Å². The first-order valence-electron chi connectivity index (χ1n) is 11.2. The molecule has 12 heteroatoms. The van der Waals surface area contributed by atoms with Gasteiger partial charge in [-0.05, 0) is 84.9 Å². The van der Waals surface area contributed by atoms with E-state index in [9.17, 15) is 27.9 Å². The van der Waals surface area contributed by atoms with Crippen molar-refractivity contribution in [3.8, 4) is 28.6 Å². The summed E-state index contributed by atoms with van der Waals surface area (Å²) in [6, 6.07) is 14.2. The van der Waals surface area contributed by atoms with Crippen LogP contribution in [-0.4, -0.2) is 44.8 Å². The van der Waals surface area contributed by atoms with Gasteiger partial charge >= 0.3 is 11.2 Å². The summed E-state index contributed by atoms with van der Waals surface area (Å²) in [5, 5.41) is 13.4. The number of imidazole rings is 1. The van der Waals surface area contributed by atoms with E-state index in [1.54, 1.807) is 43.5 Å². The predicted molar refractivity (Wildman–Crippen MR) is 137 cm³/mol. The van der Waals surface area contributed by atoms with E-state index in [0.717, 1.165) is 14.7 Å². The van der Waals surface area contributed by atoms with E-state index in [-0.39, 0.29) is 28.0 Å². The van der Waals surface area contributed by atoms with E-state index in [4.69, 9.17) is 4.74 Å². The maximum absolute atomic E-state index is 13.6. The minimum absolute atomic E-state index is 0.0731. The molecule has 0 fully saturated rings. The number of amides is 1. The number of likely N-dealkylation sites (N-methyl/N-ethyl adjacent to an activating group) is 1. The highest BCUT2D eigenvalue weighted by atomic mass is 32.2. The molecule has 0 aliphatic heterocycles. The zero-order valence-corrected chi connectivity index (χ0v) is 21.3. The maximum Gasteiger partial charge on any atom is 0.446 e. The maximum atomic E-state index is 13.6. The molecular weight excluding hydrogens is 521 g/mol. The molecule has 0 saturated heterocycles. The molecule has 0 spiro atoms. The molecule has 0 aliphatic rings. The fourth-order valence-electron chi connectivity index (χ4n) is 4.04. The van der Waals surface area contributed by atoms with Gasteiger partial charge in [0, 0.05) is 23.7 Å². The third kappa shape index (κ3) is 5.40. The van der Waals surface area contributed by atoms with E-state index in [1.165, 1.54) is 44.4 Å². The number of carbonyl (C=O) groups excluding carboxylic acids is 1. The SMILES string of the molecule is CNC(=O)C(c1ccnc(-c2ccc(OC)cc2)c1)n1c(C)c(O)n(-c2ccc(SC(F)(F)F)cc2)c1=O. The number of thioether (sulfide) groups is 1. The Morgan fingerprint density at radius 1 is 1.11 bits per heavy atom. The number of methoxy groups -OCH3 is 1. The predicted octanol–water partition coefficient (Wildman–Crippen LogP) is 4.67. The van der Waals surface area contributed by atoms with Gasteiger partial charge in [0.05, 0.1) is 24.2 Å². The third-order valence-electron chi connectivity index (χ3n) is 5.86. The second-order valence-corrected chi connectivity index (χ2v) is 9.30. The average molecular weight is 545 g/mol. The molecule has 0 saturated carbocycles. The molecule has 0 aliphatic carbocycles. The molecule has 8 nitrogen and oxygen atoms in total. The van der Waals surface area contributed by atoms with Crippen LogP contribution < -0.4 is 15.7 Å². The van der Waals surface area contributed by atoms with E-state index in [0.29, 0.717) is 17.0 Å². The first-order valence-corrected chi connectivity index (χ1v) is 12.1. The number of benzene rings is 2. The Morgan fingerprint density at radius 3 is 2.34 bits per heavy atom. The van der Waals surface area contributed by atoms with Gasteiger partial charge in [0.15, 0.2) is 0 Å². The minimum atomic E-state index is -4.46. The summed E-state index contributed by atoms with van der Waals surface area (Å²) in [5.41, 5.74) is -3.23. The highest BCUT2D eigenvalue weighted by Gasteiger charge is 2.31. The Hall–Kier alpha value is -4.19. The van der Waals surface area contributed by atoms with Crippen molar-refractivity contribution < 1.29 is 27.8 Å². The molecule has 1 atom stereocenters. The molecule has 1 amide bonds. The molecule has 1 unspecified atom stereocenters. The lowest BCUT2D eigenvalue weighted by Gasteiger charge is -2.19. The van der Waals surface area contributed by atoms with Crippen LogP contribution in [-0.2, 0) is 4.79 Å². The standard InChI is InChI=1S/C26H23F3N4O4S/c1-15-24(35)33(18-6-10-20(11-7-18)38-26(27,28)29)25(36)32(15)22(23(34)30-2)17-12-13-31-21(14-17)16-4-8-19(37-3)9-5-16/h4-14,22,35H,1-3H3,(H,30,34). The molecule has 198 valence electrons. The fourth-order valence-corrected chi connectivity index (χ4v) is 4.58. The van der Waals surface area contributed by atoms with Gasteiger partial charge < -0.3 is 15.2 Å². The topological polar surface area (TPSA) is 98.4 Å². The van der Waals surface area contributed by atoms with Crippen molar-refractivity contribution in [3.63, 3.8) is 0 Å². The van der Waals surface area contributed by atoms with Gasteiger partial charge in [0.25, 0.3) is 0 Å². The molecule has 0 radical (unpaired) electrons. The van der Waals surface area contributed by atoms with Crippen LogP contribution in [0.3, 0.4) is 0 Å². The Balaban J connectivity index is 1.79. The molecular formula is C26H23F3N4O4S. The van der Waals surface area contributed by atoms with E-state index in [2.05, 4.69) is 10.3 Å². The second kappa shape index (κ2) is 10.7. The summed E-state index contributed by atoms with van der Waals surface area (Å²) in [6.45, 7) is 1.47. The van der Waals surface area contributed by atoms with Crippen molar-refractivity contribution in [1.29, 1.82) is 0 Å². The van der Waals surface area contributed by atoms with E-state index >= 15 is 0 Å². The fraction of sp³-hybridized carbons (Fsp3) is 0.192. The largest absolute Gasteiger partial charge is 0.497 e. The van der Waals surface area contributed by atoms with Gasteiger partial charge in [-0.2, -0.15) is 13.2 Å². The molecule has 2 aromatic carbocycles. The minimum Gasteiger partial charge on any atom is -0.497 e. The highest BCUT2D eigenvalue weighted by Crippen LogP contribution is 2.37. The van der Waals surface area contributed by atoms with Gasteiger partial charge in [-0.15, -0.1) is 0 Å². The number of carbonyl (C=O) groups is 1. The van der Waals surface area contributed by atoms with Crippen LogP contribution in [0.25, 0.3) is 16.9 Å². The van der Waals surface area contributed by atoms with Crippen LogP contribution in [0.5, 0.6) is 11.6 Å². The van der Waals surface area contributed by atoms with Crippen LogP contribution in [0, 0.1) is 6.92 Å². The van der Waals surface area contributed by atoms with Gasteiger partial charge in [-0.1, -0.05) is 0 Å². The zero-order chi connectivity index (χ0) is 27.6. The Kier molecular flexibility index (Phi) is 7.53. The van der Waals surface area contributed by atoms with Crippen LogP contribution in [0.1, 0.15) is 17.3 Å². The quantitative estimate of drug-likeness (QED) is 0.328. The molecule has 4 aromatic rings. The Morgan fingerprint density at radius 2 is 1.76 bits per heavy atom. The summed E-state index contributed by atoms with van der Waals surface area (Å²) in [7, 11) is 2.98. The smallest absolute Gasteiger partial charge is 0.446 e. The Bertz CT molecular complexity index is 1510. The van der Waals surface area contributed by atoms with Crippen molar-refractivity contribution >= 4 is 17.7 Å². The number of halogens is 3. The molecule has 2 N–H and O–H groups in total. The number of hydrogen-bond donors (Lipinski definition) is 2. The van der Waals surface area contributed by atoms with E-state index in [1.807, 2.05) is 0 Å². The number of alkyl halides is 3. The number of rotatable bonds is 7. The Labute approximate surface area is 219 Å². The first kappa shape index (κ1) is 26.9. The lowest BCUT2D eigenvalue weighted by Crippen LogP contribution is -2.37. The van der Waals surface area contributed by atoms with Crippen LogP contribution in [0.2, 0.25) is 0 Å². The third-order valence-corrected chi connectivity index (χ3v) is 6.60. The molecule has 38 heavy (non-hydrogen) atoms. The lowest BCUT2D eigenvalue weighted by molar-refractivity contribution is -0.122. The molecule has 0 bridgehead atoms. The second-order valence-electron chi connectivity index (χ2n) is 8.16. The van der Waals surface area contributed by atoms with Gasteiger partial charge in [-0.25, -0.2) is 9.36 Å². The van der Waals surface area contributed by atoms with Gasteiger partial charge in [0.2, 0.25) is 11.8 Å². The molecule has 4 rings (SSSR count). The number of aromatic hydroxyl groups is 1. The number of aromatic nitrogens is 3. The van der Waals surface area contributed by atoms with Gasteiger partial charge in [-0.3, -0.25) is 14.3 Å². The van der Waals surface area contributed by atoms with Crippen molar-refractivity contribution in [1.82, 2.24) is 19.4 Å². The average Bonchev–Trinajstić information content (AvgIpc) is 3.12. The summed E-state index contributed by atoms with van der Waals surface area (Å²) < 4.78 is 45.4. The number of pyridine rings is 1. The number of hydrogen-bond acceptors (Lipinski definition) is 6. The van der Waals surface area contributed by atoms with E-state index < -0.39 is 29.0 Å². The summed E-state index contributed by atoms with van der Waals surface area (Å²) in [6.07, 6.45) is 1.51. The zero-order valence-electron chi connectivity index (χ0n) is 20.5. The van der Waals surface area contributed by atoms with Crippen molar-refractivity contribution in [2.75, 3.05) is 14.2 Å². The normalized spacial score (nSPS) is 12.3. The lowest BCUT2D eigenvalue weighted by atomic mass is 10.0. The van der Waals surface area contributed by atoms with Crippen LogP contribution >= 0.6 is 11.8 Å². The first-order chi connectivity index (χ1) is 18.0. The van der Waals surface area contributed by atoms with Crippen molar-refractivity contribution in [3.05, 3.63) is 88.6 Å². The molecule has 2 heterocycles.